The third-order valence-corrected chi connectivity index (χ3v) is 5.83. The molecule has 4 rings (SSSR count). The third kappa shape index (κ3) is 5.36. The van der Waals surface area contributed by atoms with Crippen LogP contribution in [-0.4, -0.2) is 44.4 Å². The lowest BCUT2D eigenvalue weighted by molar-refractivity contribution is -0.121. The molecule has 8 nitrogen and oxygen atoms in total. The summed E-state index contributed by atoms with van der Waals surface area (Å²) >= 11 is 7.52. The van der Waals surface area contributed by atoms with Gasteiger partial charge in [-0.05, 0) is 24.6 Å². The first-order chi connectivity index (χ1) is 15.1. The number of carbonyl (C=O) groups excluding carboxylic acids is 1. The molecule has 10 heteroatoms. The van der Waals surface area contributed by atoms with Crippen molar-refractivity contribution in [3.05, 3.63) is 57.6 Å². The molecule has 1 aromatic carbocycles. The van der Waals surface area contributed by atoms with Gasteiger partial charge < -0.3 is 10.1 Å². The summed E-state index contributed by atoms with van der Waals surface area (Å²) in [5, 5.41) is 19.2. The van der Waals surface area contributed by atoms with Crippen molar-refractivity contribution in [1.29, 1.82) is 0 Å². The largest absolute Gasteiger partial charge is 0.480 e. The number of thiazole rings is 1. The van der Waals surface area contributed by atoms with E-state index in [-0.39, 0.29) is 5.91 Å². The number of hydrogen-bond acceptors (Lipinski definition) is 7. The van der Waals surface area contributed by atoms with Crippen LogP contribution in [0.15, 0.2) is 41.8 Å². The molecule has 3 aromatic heterocycles. The summed E-state index contributed by atoms with van der Waals surface area (Å²) in [6.45, 7) is 0.555. The zero-order valence-corrected chi connectivity index (χ0v) is 18.5. The number of ether oxygens (including phenoxy) is 1. The molecule has 0 saturated heterocycles. The van der Waals surface area contributed by atoms with Crippen LogP contribution in [0.25, 0.3) is 16.9 Å². The Morgan fingerprint density at radius 1 is 1.16 bits per heavy atom. The van der Waals surface area contributed by atoms with Gasteiger partial charge in [0.05, 0.1) is 17.8 Å². The average molecular weight is 457 g/mol. The van der Waals surface area contributed by atoms with Crippen LogP contribution in [0.5, 0.6) is 5.88 Å². The maximum Gasteiger partial charge on any atom is 0.231 e. The smallest absolute Gasteiger partial charge is 0.231 e. The maximum absolute atomic E-state index is 12.2. The first kappa shape index (κ1) is 21.2. The monoisotopic (exact) mass is 456 g/mol. The minimum atomic E-state index is 0.00819. The van der Waals surface area contributed by atoms with Gasteiger partial charge in [0, 0.05) is 47.8 Å². The number of benzene rings is 1. The van der Waals surface area contributed by atoms with Gasteiger partial charge in [-0.15, -0.1) is 26.6 Å². The quantitative estimate of drug-likeness (QED) is 0.413. The first-order valence-corrected chi connectivity index (χ1v) is 11.1. The molecule has 0 aliphatic heterocycles. The number of methoxy groups -OCH3 is 1. The number of nitrogens with zero attached hydrogens (tertiary/aromatic N) is 5. The van der Waals surface area contributed by atoms with Crippen LogP contribution in [0.2, 0.25) is 5.02 Å². The lowest BCUT2D eigenvalue weighted by atomic mass is 10.2. The summed E-state index contributed by atoms with van der Waals surface area (Å²) in [5.74, 6) is 1.21. The van der Waals surface area contributed by atoms with E-state index in [1.54, 1.807) is 35.1 Å². The summed E-state index contributed by atoms with van der Waals surface area (Å²) in [6.07, 6.45) is 2.37. The van der Waals surface area contributed by atoms with E-state index in [1.165, 1.54) is 0 Å². The molecule has 0 fully saturated rings. The number of amides is 1. The number of fused-ring (bicyclic) bond motifs is 1. The number of rotatable bonds is 9. The molecule has 0 saturated carbocycles. The van der Waals surface area contributed by atoms with E-state index < -0.39 is 0 Å². The number of aryl methyl sites for hydroxylation is 1. The molecule has 1 amide bonds. The molecule has 0 spiro atoms. The number of aromatic nitrogens is 5. The van der Waals surface area contributed by atoms with E-state index in [9.17, 15) is 4.79 Å². The zero-order chi connectivity index (χ0) is 21.6. The summed E-state index contributed by atoms with van der Waals surface area (Å²) in [4.78, 5) is 16.8. The van der Waals surface area contributed by atoms with E-state index in [0.717, 1.165) is 16.3 Å². The van der Waals surface area contributed by atoms with Gasteiger partial charge >= 0.3 is 0 Å². The van der Waals surface area contributed by atoms with Crippen molar-refractivity contribution >= 4 is 34.5 Å². The predicted octanol–water partition coefficient (Wildman–Crippen LogP) is 3.59. The lowest BCUT2D eigenvalue weighted by Gasteiger charge is -2.04. The summed E-state index contributed by atoms with van der Waals surface area (Å²) in [7, 11) is 1.56. The highest BCUT2D eigenvalue weighted by molar-refractivity contribution is 7.09. The molecule has 4 aromatic rings. The standard InChI is InChI=1S/C21H21ClN6O2S/c1-30-20-10-9-18-26-25-17(28(18)27-20)3-2-4-19(29)23-12-11-21-24-16(13-31-21)14-5-7-15(22)8-6-14/h5-10,13H,2-4,11-12H2,1H3,(H,23,29). The van der Waals surface area contributed by atoms with Gasteiger partial charge in [0.1, 0.15) is 0 Å². The van der Waals surface area contributed by atoms with Crippen molar-refractivity contribution in [2.45, 2.75) is 25.7 Å². The van der Waals surface area contributed by atoms with Crippen LogP contribution >= 0.6 is 22.9 Å². The predicted molar refractivity (Wildman–Crippen MR) is 120 cm³/mol. The second-order valence-electron chi connectivity index (χ2n) is 6.85. The molecular formula is C21H21ClN6O2S. The van der Waals surface area contributed by atoms with Crippen LogP contribution < -0.4 is 10.1 Å². The number of nitrogens with one attached hydrogen (secondary N) is 1. The molecular weight excluding hydrogens is 436 g/mol. The van der Waals surface area contributed by atoms with E-state index in [4.69, 9.17) is 16.3 Å². The second kappa shape index (κ2) is 9.84. The van der Waals surface area contributed by atoms with Crippen molar-refractivity contribution in [1.82, 2.24) is 30.1 Å². The highest BCUT2D eigenvalue weighted by Crippen LogP contribution is 2.23. The molecule has 160 valence electrons. The van der Waals surface area contributed by atoms with Crippen molar-refractivity contribution in [2.75, 3.05) is 13.7 Å². The van der Waals surface area contributed by atoms with Gasteiger partial charge in [0.25, 0.3) is 0 Å². The summed E-state index contributed by atoms with van der Waals surface area (Å²) in [5.41, 5.74) is 2.61. The minimum absolute atomic E-state index is 0.00819. The molecule has 0 bridgehead atoms. The SMILES string of the molecule is COc1ccc2nnc(CCCC(=O)NCCc3nc(-c4ccc(Cl)cc4)cs3)n2n1. The fourth-order valence-electron chi connectivity index (χ4n) is 3.06. The Hall–Kier alpha value is -3.04. The fraction of sp³-hybridized carbons (Fsp3) is 0.286. The van der Waals surface area contributed by atoms with Crippen LogP contribution in [-0.2, 0) is 17.6 Å². The van der Waals surface area contributed by atoms with Crippen LogP contribution in [0.1, 0.15) is 23.7 Å². The fourth-order valence-corrected chi connectivity index (χ4v) is 4.00. The van der Waals surface area contributed by atoms with Crippen molar-refractivity contribution in [3.63, 3.8) is 0 Å². The maximum atomic E-state index is 12.2. The normalized spacial score (nSPS) is 11.0. The van der Waals surface area contributed by atoms with Crippen LogP contribution in [0.3, 0.4) is 0 Å². The van der Waals surface area contributed by atoms with Gasteiger partial charge in [-0.1, -0.05) is 23.7 Å². The highest BCUT2D eigenvalue weighted by atomic mass is 35.5. The molecule has 1 N–H and O–H groups in total. The zero-order valence-electron chi connectivity index (χ0n) is 16.9. The molecule has 0 unspecified atom stereocenters. The van der Waals surface area contributed by atoms with Gasteiger partial charge in [-0.2, -0.15) is 4.52 Å². The van der Waals surface area contributed by atoms with Crippen molar-refractivity contribution < 1.29 is 9.53 Å². The number of hydrogen-bond donors (Lipinski definition) is 1. The average Bonchev–Trinajstić information content (AvgIpc) is 3.41. The highest BCUT2D eigenvalue weighted by Gasteiger charge is 2.10. The Balaban J connectivity index is 1.21. The second-order valence-corrected chi connectivity index (χ2v) is 8.23. The molecule has 3 heterocycles. The lowest BCUT2D eigenvalue weighted by Crippen LogP contribution is -2.25. The third-order valence-electron chi connectivity index (χ3n) is 4.67. The van der Waals surface area contributed by atoms with Crippen molar-refractivity contribution in [3.8, 4) is 17.1 Å². The topological polar surface area (TPSA) is 94.3 Å². The number of halogens is 1. The van der Waals surface area contributed by atoms with Crippen molar-refractivity contribution in [2.24, 2.45) is 0 Å². The Bertz CT molecular complexity index is 1170. The first-order valence-electron chi connectivity index (χ1n) is 9.85. The Morgan fingerprint density at radius 2 is 2.00 bits per heavy atom. The molecule has 31 heavy (non-hydrogen) atoms. The molecule has 0 radical (unpaired) electrons. The van der Waals surface area contributed by atoms with Gasteiger partial charge in [0.15, 0.2) is 11.5 Å². The molecule has 0 atom stereocenters. The van der Waals surface area contributed by atoms with Gasteiger partial charge in [-0.3, -0.25) is 4.79 Å². The Kier molecular flexibility index (Phi) is 6.73. The van der Waals surface area contributed by atoms with E-state index in [2.05, 4.69) is 25.6 Å². The van der Waals surface area contributed by atoms with Crippen LogP contribution in [0.4, 0.5) is 0 Å². The van der Waals surface area contributed by atoms with Crippen LogP contribution in [0, 0.1) is 0 Å². The minimum Gasteiger partial charge on any atom is -0.480 e. The summed E-state index contributed by atoms with van der Waals surface area (Å²) < 4.78 is 6.79. The van der Waals surface area contributed by atoms with E-state index in [0.29, 0.717) is 54.6 Å². The van der Waals surface area contributed by atoms with E-state index >= 15 is 0 Å². The van der Waals surface area contributed by atoms with Gasteiger partial charge in [-0.25, -0.2) is 4.98 Å². The Morgan fingerprint density at radius 3 is 2.81 bits per heavy atom. The van der Waals surface area contributed by atoms with E-state index in [1.807, 2.05) is 29.6 Å². The van der Waals surface area contributed by atoms with Gasteiger partial charge in [0.2, 0.25) is 11.8 Å². The number of carbonyl (C=O) groups is 1. The summed E-state index contributed by atoms with van der Waals surface area (Å²) in [6, 6.07) is 11.1. The molecule has 0 aliphatic carbocycles. The Labute approximate surface area is 188 Å². The molecule has 0 aliphatic rings.